The highest BCUT2D eigenvalue weighted by Gasteiger charge is 2.07. The van der Waals surface area contributed by atoms with Crippen molar-refractivity contribution in [3.8, 4) is 11.8 Å². The molecule has 0 N–H and O–H groups in total. The van der Waals surface area contributed by atoms with E-state index in [1.807, 2.05) is 18.2 Å². The lowest BCUT2D eigenvalue weighted by Crippen LogP contribution is -3.00. The second-order valence-electron chi connectivity index (χ2n) is 4.67. The quantitative estimate of drug-likeness (QED) is 0.554. The van der Waals surface area contributed by atoms with E-state index in [0.717, 1.165) is 6.54 Å². The Morgan fingerprint density at radius 3 is 2.47 bits per heavy atom. The molecule has 2 rings (SSSR count). The molecule has 1 aromatic carbocycles. The Morgan fingerprint density at radius 1 is 1.00 bits per heavy atom. The molecule has 1 fully saturated rings. The lowest BCUT2D eigenvalue weighted by Gasteiger charge is -2.23. The van der Waals surface area contributed by atoms with Crippen LogP contribution in [0.2, 0.25) is 0 Å². The third kappa shape index (κ3) is 6.63. The molecule has 1 aromatic rings. The van der Waals surface area contributed by atoms with Gasteiger partial charge in [0.15, 0.2) is 0 Å². The van der Waals surface area contributed by atoms with Gasteiger partial charge >= 0.3 is 0 Å². The number of nitrogens with zero attached hydrogens (tertiary/aromatic N) is 1. The smallest absolute Gasteiger partial charge is 0.108 e. The molecule has 0 spiro atoms. The van der Waals surface area contributed by atoms with Gasteiger partial charge in [0.1, 0.15) is 6.61 Å². The van der Waals surface area contributed by atoms with Crippen molar-refractivity contribution in [2.45, 2.75) is 25.9 Å². The third-order valence-electron chi connectivity index (χ3n) is 3.16. The maximum absolute atomic E-state index is 5.52. The van der Waals surface area contributed by atoms with Gasteiger partial charge in [-0.25, -0.2) is 0 Å². The van der Waals surface area contributed by atoms with Gasteiger partial charge in [-0.1, -0.05) is 48.6 Å². The van der Waals surface area contributed by atoms with E-state index in [0.29, 0.717) is 13.2 Å². The topological polar surface area (TPSA) is 12.5 Å². The van der Waals surface area contributed by atoms with Gasteiger partial charge < -0.3 is 17.1 Å². The van der Waals surface area contributed by atoms with E-state index >= 15 is 0 Å². The van der Waals surface area contributed by atoms with Gasteiger partial charge in [0.2, 0.25) is 0 Å². The molecule has 0 amide bonds. The van der Waals surface area contributed by atoms with Crippen LogP contribution >= 0.6 is 0 Å². The van der Waals surface area contributed by atoms with Crippen LogP contribution in [0.4, 0.5) is 0 Å². The van der Waals surface area contributed by atoms with Crippen molar-refractivity contribution in [2.24, 2.45) is 0 Å². The molecule has 1 aliphatic heterocycles. The van der Waals surface area contributed by atoms with Crippen molar-refractivity contribution >= 4 is 0 Å². The van der Waals surface area contributed by atoms with E-state index in [2.05, 4.69) is 28.9 Å². The zero-order chi connectivity index (χ0) is 12.5. The van der Waals surface area contributed by atoms with Gasteiger partial charge in [0, 0.05) is 0 Å². The number of rotatable bonds is 4. The fourth-order valence-corrected chi connectivity index (χ4v) is 2.13. The van der Waals surface area contributed by atoms with Crippen molar-refractivity contribution in [3.63, 3.8) is 0 Å². The van der Waals surface area contributed by atoms with Crippen LogP contribution in [0.5, 0.6) is 0 Å². The summed E-state index contributed by atoms with van der Waals surface area (Å²) in [5.41, 5.74) is 1.20. The van der Waals surface area contributed by atoms with Gasteiger partial charge in [-0.05, 0) is 31.5 Å². The number of likely N-dealkylation sites (tertiary alicyclic amines) is 1. The molecule has 0 aromatic heterocycles. The van der Waals surface area contributed by atoms with Crippen molar-refractivity contribution in [3.05, 3.63) is 35.9 Å². The molecular formula is C16H21ClNO-. The minimum absolute atomic E-state index is 0. The maximum Gasteiger partial charge on any atom is 0.108 e. The molecule has 0 radical (unpaired) electrons. The van der Waals surface area contributed by atoms with Gasteiger partial charge in [-0.15, -0.1) is 0 Å². The maximum atomic E-state index is 5.52. The molecule has 0 unspecified atom stereocenters. The first-order valence-electron chi connectivity index (χ1n) is 6.75. The summed E-state index contributed by atoms with van der Waals surface area (Å²) in [6.45, 7) is 4.50. The molecule has 2 nitrogen and oxygen atoms in total. The van der Waals surface area contributed by atoms with E-state index in [9.17, 15) is 0 Å². The van der Waals surface area contributed by atoms with Crippen LogP contribution in [0.3, 0.4) is 0 Å². The second-order valence-corrected chi connectivity index (χ2v) is 4.67. The Bertz CT molecular complexity index is 390. The Hall–Kier alpha value is -1.01. The van der Waals surface area contributed by atoms with Crippen molar-refractivity contribution < 1.29 is 17.1 Å². The van der Waals surface area contributed by atoms with E-state index in [1.54, 1.807) is 0 Å². The predicted molar refractivity (Wildman–Crippen MR) is 74.2 cm³/mol. The summed E-state index contributed by atoms with van der Waals surface area (Å²) in [7, 11) is 0. The van der Waals surface area contributed by atoms with Crippen LogP contribution in [0.1, 0.15) is 24.8 Å². The number of benzene rings is 1. The van der Waals surface area contributed by atoms with E-state index in [1.165, 1.54) is 37.9 Å². The largest absolute Gasteiger partial charge is 1.00 e. The summed E-state index contributed by atoms with van der Waals surface area (Å²) in [6, 6.07) is 10.2. The molecular weight excluding hydrogens is 258 g/mol. The summed E-state index contributed by atoms with van der Waals surface area (Å²) in [6.07, 6.45) is 4.03. The molecule has 1 aliphatic rings. The number of piperidine rings is 1. The van der Waals surface area contributed by atoms with Crippen LogP contribution in [0.25, 0.3) is 0 Å². The monoisotopic (exact) mass is 278 g/mol. The summed E-state index contributed by atoms with van der Waals surface area (Å²) >= 11 is 0. The van der Waals surface area contributed by atoms with Crippen molar-refractivity contribution in [1.29, 1.82) is 0 Å². The zero-order valence-corrected chi connectivity index (χ0v) is 12.0. The van der Waals surface area contributed by atoms with Gasteiger partial charge in [0.25, 0.3) is 0 Å². The van der Waals surface area contributed by atoms with Crippen molar-refractivity contribution in [2.75, 3.05) is 26.2 Å². The summed E-state index contributed by atoms with van der Waals surface area (Å²) in [4.78, 5) is 2.42. The Labute approximate surface area is 122 Å². The third-order valence-corrected chi connectivity index (χ3v) is 3.16. The zero-order valence-electron chi connectivity index (χ0n) is 11.3. The normalized spacial score (nSPS) is 15.2. The van der Waals surface area contributed by atoms with Crippen LogP contribution in [0, 0.1) is 11.8 Å². The fraction of sp³-hybridized carbons (Fsp3) is 0.500. The average Bonchev–Trinajstić information content (AvgIpc) is 2.45. The standard InChI is InChI=1S/C16H21NO.ClH/c1-3-9-16(10-4-1)15-18-14-8-7-13-17-11-5-2-6-12-17;/h1,3-4,9-10H,2,5-6,11-15H2;1H/p-1. The average molecular weight is 279 g/mol. The van der Waals surface area contributed by atoms with Crippen LogP contribution < -0.4 is 12.4 Å². The SMILES string of the molecule is C(#CCN1CCCCC1)COCc1ccccc1.[Cl-]. The Balaban J connectivity index is 0.00000180. The second kappa shape index (κ2) is 9.86. The van der Waals surface area contributed by atoms with Gasteiger partial charge in [-0.3, -0.25) is 4.90 Å². The Kier molecular flexibility index (Phi) is 8.33. The molecule has 1 heterocycles. The molecule has 104 valence electrons. The minimum Gasteiger partial charge on any atom is -1.00 e. The molecule has 0 aliphatic carbocycles. The lowest BCUT2D eigenvalue weighted by atomic mass is 10.1. The summed E-state index contributed by atoms with van der Waals surface area (Å²) < 4.78 is 5.52. The summed E-state index contributed by atoms with van der Waals surface area (Å²) in [5.74, 6) is 6.28. The molecule has 0 atom stereocenters. The van der Waals surface area contributed by atoms with Crippen LogP contribution in [-0.4, -0.2) is 31.1 Å². The number of halogens is 1. The highest BCUT2D eigenvalue weighted by Crippen LogP contribution is 2.07. The lowest BCUT2D eigenvalue weighted by molar-refractivity contribution is -0.00000410. The van der Waals surface area contributed by atoms with Gasteiger partial charge in [0.05, 0.1) is 13.2 Å². The fourth-order valence-electron chi connectivity index (χ4n) is 2.13. The first-order chi connectivity index (χ1) is 8.95. The van der Waals surface area contributed by atoms with E-state index in [-0.39, 0.29) is 12.4 Å². The first-order valence-corrected chi connectivity index (χ1v) is 6.75. The highest BCUT2D eigenvalue weighted by atomic mass is 35.5. The van der Waals surface area contributed by atoms with Gasteiger partial charge in [-0.2, -0.15) is 0 Å². The number of hydrogen-bond donors (Lipinski definition) is 0. The molecule has 19 heavy (non-hydrogen) atoms. The van der Waals surface area contributed by atoms with E-state index < -0.39 is 0 Å². The molecule has 0 bridgehead atoms. The Morgan fingerprint density at radius 2 is 1.74 bits per heavy atom. The molecule has 3 heteroatoms. The first kappa shape index (κ1) is 16.0. The van der Waals surface area contributed by atoms with E-state index in [4.69, 9.17) is 4.74 Å². The number of hydrogen-bond acceptors (Lipinski definition) is 2. The predicted octanol–water partition coefficient (Wildman–Crippen LogP) is -0.303. The van der Waals surface area contributed by atoms with Crippen LogP contribution in [0.15, 0.2) is 30.3 Å². The van der Waals surface area contributed by atoms with Crippen LogP contribution in [-0.2, 0) is 11.3 Å². The highest BCUT2D eigenvalue weighted by molar-refractivity contribution is 5.13. The molecule has 0 saturated carbocycles. The summed E-state index contributed by atoms with van der Waals surface area (Å²) in [5, 5.41) is 0. The van der Waals surface area contributed by atoms with Crippen molar-refractivity contribution in [1.82, 2.24) is 4.90 Å². The molecule has 1 saturated heterocycles. The number of ether oxygens (including phenoxy) is 1. The minimum atomic E-state index is 0.